The van der Waals surface area contributed by atoms with Crippen LogP contribution in [0.1, 0.15) is 17.2 Å². The van der Waals surface area contributed by atoms with Crippen molar-refractivity contribution in [2.24, 2.45) is 0 Å². The molecule has 0 aliphatic carbocycles. The first kappa shape index (κ1) is 11.9. The van der Waals surface area contributed by atoms with E-state index in [1.807, 2.05) is 0 Å². The summed E-state index contributed by atoms with van der Waals surface area (Å²) < 4.78 is 0. The van der Waals surface area contributed by atoms with Crippen molar-refractivity contribution in [1.29, 1.82) is 0 Å². The highest BCUT2D eigenvalue weighted by Gasteiger charge is 2.13. The van der Waals surface area contributed by atoms with Gasteiger partial charge in [-0.15, -0.1) is 12.4 Å². The molecule has 1 N–H and O–H groups in total. The van der Waals surface area contributed by atoms with E-state index in [0.29, 0.717) is 5.25 Å². The van der Waals surface area contributed by atoms with E-state index < -0.39 is 0 Å². The molecule has 1 aromatic rings. The molecule has 0 amide bonds. The molecular weight excluding hydrogens is 214 g/mol. The summed E-state index contributed by atoms with van der Waals surface area (Å²) in [5.74, 6) is 1.24. The van der Waals surface area contributed by atoms with Gasteiger partial charge in [-0.1, -0.05) is 30.3 Å². The summed E-state index contributed by atoms with van der Waals surface area (Å²) in [5.41, 5.74) is 1.48. The summed E-state index contributed by atoms with van der Waals surface area (Å²) in [5, 5.41) is 4.13. The van der Waals surface area contributed by atoms with E-state index in [0.717, 1.165) is 13.1 Å². The topological polar surface area (TPSA) is 12.0 Å². The number of rotatable bonds is 1. The van der Waals surface area contributed by atoms with E-state index in [1.165, 1.54) is 17.7 Å². The average Bonchev–Trinajstić information content (AvgIpc) is 2.47. The minimum Gasteiger partial charge on any atom is -0.316 e. The third kappa shape index (κ3) is 3.19. The SMILES string of the molecule is Cl.c1ccc(C2CCNCCS2)cc1. The van der Waals surface area contributed by atoms with Crippen LogP contribution in [0.25, 0.3) is 0 Å². The lowest BCUT2D eigenvalue weighted by atomic mass is 10.1. The predicted octanol–water partition coefficient (Wildman–Crippen LogP) is 2.88. The molecule has 1 fully saturated rings. The summed E-state index contributed by atoms with van der Waals surface area (Å²) in [7, 11) is 0. The van der Waals surface area contributed by atoms with Crippen LogP contribution >= 0.6 is 24.2 Å². The van der Waals surface area contributed by atoms with Crippen LogP contribution in [-0.4, -0.2) is 18.8 Å². The van der Waals surface area contributed by atoms with Gasteiger partial charge in [0.05, 0.1) is 0 Å². The van der Waals surface area contributed by atoms with Crippen molar-refractivity contribution >= 4 is 24.2 Å². The molecule has 0 radical (unpaired) electrons. The second kappa shape index (κ2) is 6.33. The molecule has 1 saturated heterocycles. The lowest BCUT2D eigenvalue weighted by Crippen LogP contribution is -2.15. The van der Waals surface area contributed by atoms with Crippen molar-refractivity contribution in [3.05, 3.63) is 35.9 Å². The molecule has 78 valence electrons. The van der Waals surface area contributed by atoms with Gasteiger partial charge in [-0.2, -0.15) is 11.8 Å². The molecule has 0 saturated carbocycles. The van der Waals surface area contributed by atoms with Gasteiger partial charge in [0.15, 0.2) is 0 Å². The molecule has 3 heteroatoms. The zero-order chi connectivity index (χ0) is 8.93. The van der Waals surface area contributed by atoms with Crippen molar-refractivity contribution in [2.45, 2.75) is 11.7 Å². The highest BCUT2D eigenvalue weighted by Crippen LogP contribution is 2.32. The molecule has 1 aliphatic rings. The Hall–Kier alpha value is -0.180. The molecule has 14 heavy (non-hydrogen) atoms. The number of halogens is 1. The zero-order valence-corrected chi connectivity index (χ0v) is 9.74. The first-order valence-corrected chi connectivity index (χ1v) is 5.89. The van der Waals surface area contributed by atoms with Crippen LogP contribution in [0.15, 0.2) is 30.3 Å². The van der Waals surface area contributed by atoms with Crippen molar-refractivity contribution in [3.63, 3.8) is 0 Å². The Balaban J connectivity index is 0.000000980. The fourth-order valence-corrected chi connectivity index (χ4v) is 2.83. The Kier molecular flexibility index (Phi) is 5.38. The van der Waals surface area contributed by atoms with Crippen LogP contribution in [0.3, 0.4) is 0 Å². The number of hydrogen-bond acceptors (Lipinski definition) is 2. The van der Waals surface area contributed by atoms with E-state index in [9.17, 15) is 0 Å². The summed E-state index contributed by atoms with van der Waals surface area (Å²) in [6, 6.07) is 10.8. The van der Waals surface area contributed by atoms with Crippen LogP contribution in [0.5, 0.6) is 0 Å². The Morgan fingerprint density at radius 1 is 1.14 bits per heavy atom. The first-order valence-electron chi connectivity index (χ1n) is 4.84. The third-order valence-corrected chi connectivity index (χ3v) is 3.70. The molecule has 1 aromatic carbocycles. The molecule has 0 aromatic heterocycles. The molecule has 0 spiro atoms. The van der Waals surface area contributed by atoms with Gasteiger partial charge in [0.25, 0.3) is 0 Å². The molecule has 1 atom stereocenters. The maximum absolute atomic E-state index is 3.43. The lowest BCUT2D eigenvalue weighted by molar-refractivity contribution is 0.687. The monoisotopic (exact) mass is 229 g/mol. The largest absolute Gasteiger partial charge is 0.316 e. The number of benzene rings is 1. The second-order valence-electron chi connectivity index (χ2n) is 3.31. The quantitative estimate of drug-likeness (QED) is 0.795. The summed E-state index contributed by atoms with van der Waals surface area (Å²) in [6.07, 6.45) is 1.26. The molecule has 0 bridgehead atoms. The van der Waals surface area contributed by atoms with Gasteiger partial charge in [-0.3, -0.25) is 0 Å². The van der Waals surface area contributed by atoms with Crippen LogP contribution in [0, 0.1) is 0 Å². The maximum Gasteiger partial charge on any atom is 0.0309 e. The highest BCUT2D eigenvalue weighted by molar-refractivity contribution is 7.99. The van der Waals surface area contributed by atoms with E-state index in [1.54, 1.807) is 0 Å². The van der Waals surface area contributed by atoms with Gasteiger partial charge < -0.3 is 5.32 Å². The normalized spacial score (nSPS) is 22.1. The summed E-state index contributed by atoms with van der Waals surface area (Å²) in [6.45, 7) is 2.32. The second-order valence-corrected chi connectivity index (χ2v) is 4.62. The first-order chi connectivity index (χ1) is 6.47. The number of thioether (sulfide) groups is 1. The zero-order valence-electron chi connectivity index (χ0n) is 8.11. The van der Waals surface area contributed by atoms with Gasteiger partial charge in [0.2, 0.25) is 0 Å². The minimum absolute atomic E-state index is 0. The Morgan fingerprint density at radius 2 is 1.93 bits per heavy atom. The summed E-state index contributed by atoms with van der Waals surface area (Å²) in [4.78, 5) is 0. The van der Waals surface area contributed by atoms with Crippen LogP contribution < -0.4 is 5.32 Å². The van der Waals surface area contributed by atoms with Crippen LogP contribution in [0.2, 0.25) is 0 Å². The maximum atomic E-state index is 3.43. The van der Waals surface area contributed by atoms with E-state index in [2.05, 4.69) is 47.4 Å². The fraction of sp³-hybridized carbons (Fsp3) is 0.455. The average molecular weight is 230 g/mol. The van der Waals surface area contributed by atoms with Gasteiger partial charge in [0.1, 0.15) is 0 Å². The van der Waals surface area contributed by atoms with Gasteiger partial charge >= 0.3 is 0 Å². The van der Waals surface area contributed by atoms with Crippen molar-refractivity contribution in [3.8, 4) is 0 Å². The highest BCUT2D eigenvalue weighted by atomic mass is 35.5. The van der Waals surface area contributed by atoms with Crippen molar-refractivity contribution in [1.82, 2.24) is 5.32 Å². The molecule has 1 unspecified atom stereocenters. The Morgan fingerprint density at radius 3 is 2.71 bits per heavy atom. The van der Waals surface area contributed by atoms with E-state index in [4.69, 9.17) is 0 Å². The molecule has 1 nitrogen and oxygen atoms in total. The standard InChI is InChI=1S/C11H15NS.ClH/c1-2-4-10(5-3-1)11-6-7-12-8-9-13-11;/h1-5,11-12H,6-9H2;1H. The number of hydrogen-bond donors (Lipinski definition) is 1. The predicted molar refractivity (Wildman–Crippen MR) is 66.4 cm³/mol. The molecule has 2 rings (SSSR count). The van der Waals surface area contributed by atoms with Gasteiger partial charge in [-0.25, -0.2) is 0 Å². The summed E-state index contributed by atoms with van der Waals surface area (Å²) >= 11 is 2.07. The van der Waals surface area contributed by atoms with Crippen LogP contribution in [0.4, 0.5) is 0 Å². The van der Waals surface area contributed by atoms with E-state index >= 15 is 0 Å². The molecule has 1 heterocycles. The molecular formula is C11H16ClNS. The third-order valence-electron chi connectivity index (χ3n) is 2.35. The van der Waals surface area contributed by atoms with Crippen molar-refractivity contribution in [2.75, 3.05) is 18.8 Å². The Bertz CT molecular complexity index is 245. The van der Waals surface area contributed by atoms with Crippen LogP contribution in [-0.2, 0) is 0 Å². The van der Waals surface area contributed by atoms with Gasteiger partial charge in [-0.05, 0) is 18.5 Å². The number of nitrogens with one attached hydrogen (secondary N) is 1. The van der Waals surface area contributed by atoms with Gasteiger partial charge in [0, 0.05) is 17.5 Å². The molecule has 1 aliphatic heterocycles. The Labute approximate surface area is 96.1 Å². The fourth-order valence-electron chi connectivity index (χ4n) is 1.65. The van der Waals surface area contributed by atoms with Crippen molar-refractivity contribution < 1.29 is 0 Å². The minimum atomic E-state index is 0. The van der Waals surface area contributed by atoms with E-state index in [-0.39, 0.29) is 12.4 Å². The smallest absolute Gasteiger partial charge is 0.0309 e. The lowest BCUT2D eigenvalue weighted by Gasteiger charge is -2.12.